The van der Waals surface area contributed by atoms with E-state index in [1.54, 1.807) is 16.9 Å². The second kappa shape index (κ2) is 7.18. The van der Waals surface area contributed by atoms with Gasteiger partial charge in [-0.05, 0) is 29.6 Å². The molecule has 126 valence electrons. The summed E-state index contributed by atoms with van der Waals surface area (Å²) in [6, 6.07) is 13.5. The Morgan fingerprint density at radius 2 is 2.00 bits per heavy atom. The van der Waals surface area contributed by atoms with Crippen LogP contribution in [0.15, 0.2) is 61.1 Å². The molecule has 5 nitrogen and oxygen atoms in total. The van der Waals surface area contributed by atoms with E-state index >= 15 is 0 Å². The number of halogens is 1. The third-order valence-corrected chi connectivity index (χ3v) is 4.42. The van der Waals surface area contributed by atoms with Gasteiger partial charge in [0.2, 0.25) is 0 Å². The van der Waals surface area contributed by atoms with Crippen LogP contribution in [0.4, 0.5) is 5.82 Å². The van der Waals surface area contributed by atoms with Crippen LogP contribution < -0.4 is 10.8 Å². The third kappa shape index (κ3) is 3.28. The summed E-state index contributed by atoms with van der Waals surface area (Å²) < 4.78 is 1.71. The summed E-state index contributed by atoms with van der Waals surface area (Å²) >= 11 is 6.34. The van der Waals surface area contributed by atoms with Crippen LogP contribution in [0.3, 0.4) is 0 Å². The Morgan fingerprint density at radius 1 is 1.12 bits per heavy atom. The van der Waals surface area contributed by atoms with Crippen LogP contribution in [0.1, 0.15) is 5.56 Å². The number of aromatic nitrogens is 4. The summed E-state index contributed by atoms with van der Waals surface area (Å²) in [6.07, 6.45) is 6.08. The lowest BCUT2D eigenvalue weighted by Crippen LogP contribution is -2.12. The van der Waals surface area contributed by atoms with E-state index in [0.29, 0.717) is 16.1 Å². The number of nitrogens with one attached hydrogen (secondary N) is 1. The van der Waals surface area contributed by atoms with Crippen LogP contribution in [0.5, 0.6) is 0 Å². The molecule has 0 atom stereocenters. The summed E-state index contributed by atoms with van der Waals surface area (Å²) in [5, 5.41) is 8.38. The third-order valence-electron chi connectivity index (χ3n) is 4.09. The predicted molar refractivity (Wildman–Crippen MR) is 105 cm³/mol. The zero-order valence-electron chi connectivity index (χ0n) is 13.9. The molecule has 4 rings (SSSR count). The Kier molecular flexibility index (Phi) is 4.58. The molecular weight excluding hydrogens is 345 g/mol. The van der Waals surface area contributed by atoms with E-state index in [4.69, 9.17) is 19.4 Å². The van der Waals surface area contributed by atoms with Crippen LogP contribution >= 0.6 is 11.6 Å². The van der Waals surface area contributed by atoms with Crippen molar-refractivity contribution in [2.24, 2.45) is 0 Å². The van der Waals surface area contributed by atoms with E-state index in [-0.39, 0.29) is 0 Å². The molecule has 0 amide bonds. The molecule has 0 saturated heterocycles. The molecule has 0 bridgehead atoms. The van der Waals surface area contributed by atoms with Gasteiger partial charge in [-0.2, -0.15) is 9.61 Å². The van der Waals surface area contributed by atoms with Crippen molar-refractivity contribution in [1.29, 1.82) is 0 Å². The monoisotopic (exact) mass is 359 g/mol. The van der Waals surface area contributed by atoms with E-state index in [2.05, 4.69) is 26.4 Å². The highest BCUT2D eigenvalue weighted by molar-refractivity contribution is 6.36. The van der Waals surface area contributed by atoms with Crippen molar-refractivity contribution in [2.75, 3.05) is 11.9 Å². The van der Waals surface area contributed by atoms with Gasteiger partial charge < -0.3 is 5.32 Å². The fraction of sp³-hybridized carbons (Fsp3) is 0.105. The van der Waals surface area contributed by atoms with E-state index < -0.39 is 0 Å². The van der Waals surface area contributed by atoms with Gasteiger partial charge >= 0.3 is 0 Å². The molecule has 0 aliphatic carbocycles. The molecule has 7 heteroatoms. The Hall–Kier alpha value is -2.86. The summed E-state index contributed by atoms with van der Waals surface area (Å²) in [5.41, 5.74) is 3.89. The van der Waals surface area contributed by atoms with Gasteiger partial charge in [-0.3, -0.25) is 4.98 Å². The van der Waals surface area contributed by atoms with Gasteiger partial charge in [-0.25, -0.2) is 4.98 Å². The number of pyridine rings is 1. The van der Waals surface area contributed by atoms with E-state index in [1.807, 2.05) is 42.6 Å². The minimum Gasteiger partial charge on any atom is -0.370 e. The number of rotatable bonds is 5. The van der Waals surface area contributed by atoms with Gasteiger partial charge in [-0.15, -0.1) is 0 Å². The molecule has 3 aromatic heterocycles. The summed E-state index contributed by atoms with van der Waals surface area (Å²) in [6.45, 7) is 0.729. The van der Waals surface area contributed by atoms with Crippen molar-refractivity contribution in [1.82, 2.24) is 19.6 Å². The average molecular weight is 360 g/mol. The van der Waals surface area contributed by atoms with Crippen LogP contribution in [-0.4, -0.2) is 34.0 Å². The van der Waals surface area contributed by atoms with Gasteiger partial charge in [-0.1, -0.05) is 35.9 Å². The normalized spacial score (nSPS) is 11.0. The summed E-state index contributed by atoms with van der Waals surface area (Å²) in [5.74, 6) is 0.811. The second-order valence-electron chi connectivity index (χ2n) is 5.88. The Balaban J connectivity index is 1.68. The molecular formula is C19H15BClN5. The lowest BCUT2D eigenvalue weighted by atomic mass is 10.0. The van der Waals surface area contributed by atoms with Crippen molar-refractivity contribution >= 4 is 36.4 Å². The molecule has 0 aliphatic heterocycles. The van der Waals surface area contributed by atoms with Gasteiger partial charge in [0.25, 0.3) is 0 Å². The van der Waals surface area contributed by atoms with Crippen molar-refractivity contribution in [3.8, 4) is 11.3 Å². The highest BCUT2D eigenvalue weighted by atomic mass is 35.5. The number of anilines is 1. The zero-order valence-corrected chi connectivity index (χ0v) is 14.7. The molecule has 0 aliphatic rings. The maximum Gasteiger partial charge on any atom is 0.150 e. The molecule has 2 radical (unpaired) electrons. The fourth-order valence-electron chi connectivity index (χ4n) is 2.79. The zero-order chi connectivity index (χ0) is 17.9. The first-order chi connectivity index (χ1) is 12.7. The van der Waals surface area contributed by atoms with Crippen molar-refractivity contribution in [3.63, 3.8) is 0 Å². The first-order valence-electron chi connectivity index (χ1n) is 8.24. The largest absolute Gasteiger partial charge is 0.370 e. The summed E-state index contributed by atoms with van der Waals surface area (Å²) in [7, 11) is 6.03. The lowest BCUT2D eigenvalue weighted by Gasteiger charge is -2.12. The number of hydrogen-bond acceptors (Lipinski definition) is 4. The smallest absolute Gasteiger partial charge is 0.150 e. The number of benzene rings is 1. The molecule has 0 fully saturated rings. The molecule has 1 N–H and O–H groups in total. The van der Waals surface area contributed by atoms with Crippen molar-refractivity contribution in [2.45, 2.75) is 6.42 Å². The lowest BCUT2D eigenvalue weighted by molar-refractivity contribution is 0.912. The molecule has 26 heavy (non-hydrogen) atoms. The van der Waals surface area contributed by atoms with Crippen molar-refractivity contribution < 1.29 is 0 Å². The van der Waals surface area contributed by atoms with Crippen LogP contribution in [0, 0.1) is 0 Å². The molecule has 3 heterocycles. The molecule has 4 aromatic rings. The maximum atomic E-state index is 6.34. The minimum atomic E-state index is 0.522. The number of hydrogen-bond donors (Lipinski definition) is 1. The topological polar surface area (TPSA) is 55.1 Å². The van der Waals surface area contributed by atoms with Gasteiger partial charge in [0, 0.05) is 41.8 Å². The molecule has 0 unspecified atom stereocenters. The molecule has 0 spiro atoms. The number of fused-ring (bicyclic) bond motifs is 1. The second-order valence-corrected chi connectivity index (χ2v) is 6.29. The van der Waals surface area contributed by atoms with E-state index in [0.717, 1.165) is 35.6 Å². The SMILES string of the molecule is [B]c1cnn2c(NCCc3cccnc3)cc(-c3ccccc3Cl)nc12. The van der Waals surface area contributed by atoms with Gasteiger partial charge in [0.05, 0.1) is 5.69 Å². The van der Waals surface area contributed by atoms with Gasteiger partial charge in [0.1, 0.15) is 13.7 Å². The summed E-state index contributed by atoms with van der Waals surface area (Å²) in [4.78, 5) is 8.77. The van der Waals surface area contributed by atoms with Crippen LogP contribution in [0.25, 0.3) is 16.9 Å². The van der Waals surface area contributed by atoms with Crippen molar-refractivity contribution in [3.05, 3.63) is 71.6 Å². The molecule has 1 aromatic carbocycles. The highest BCUT2D eigenvalue weighted by Crippen LogP contribution is 2.28. The van der Waals surface area contributed by atoms with E-state index in [1.165, 1.54) is 0 Å². The quantitative estimate of drug-likeness (QED) is 0.557. The minimum absolute atomic E-state index is 0.522. The Bertz CT molecular complexity index is 1050. The first kappa shape index (κ1) is 16.6. The molecule has 0 saturated carbocycles. The van der Waals surface area contributed by atoms with Crippen LogP contribution in [-0.2, 0) is 6.42 Å². The maximum absolute atomic E-state index is 6.34. The highest BCUT2D eigenvalue weighted by Gasteiger charge is 2.12. The van der Waals surface area contributed by atoms with Crippen LogP contribution in [0.2, 0.25) is 5.02 Å². The Labute approximate surface area is 157 Å². The first-order valence-corrected chi connectivity index (χ1v) is 8.62. The fourth-order valence-corrected chi connectivity index (χ4v) is 3.03. The standard InChI is InChI=1S/C19H15BClN5/c20-15-12-24-26-18(23-9-7-13-4-3-8-22-11-13)10-17(25-19(15)26)14-5-1-2-6-16(14)21/h1-6,8,10-12,23H,7,9H2. The number of nitrogens with zero attached hydrogens (tertiary/aromatic N) is 4. The predicted octanol–water partition coefficient (Wildman–Crippen LogP) is 2.89. The average Bonchev–Trinajstić information content (AvgIpc) is 3.04. The van der Waals surface area contributed by atoms with Gasteiger partial charge in [0.15, 0.2) is 5.65 Å². The van der Waals surface area contributed by atoms with E-state index in [9.17, 15) is 0 Å². The Morgan fingerprint density at radius 3 is 2.81 bits per heavy atom.